The fraction of sp³-hybridized carbons (Fsp3) is 0.158. The summed E-state index contributed by atoms with van der Waals surface area (Å²) in [5.41, 5.74) is 3.27. The Labute approximate surface area is 151 Å². The van der Waals surface area contributed by atoms with E-state index in [1.807, 2.05) is 24.3 Å². The summed E-state index contributed by atoms with van der Waals surface area (Å²) in [6.45, 7) is 2.09. The van der Waals surface area contributed by atoms with Gasteiger partial charge in [0.1, 0.15) is 0 Å². The maximum absolute atomic E-state index is 11.6. The van der Waals surface area contributed by atoms with Crippen LogP contribution < -0.4 is 10.6 Å². The number of nitrogens with zero attached hydrogens (tertiary/aromatic N) is 3. The normalized spacial score (nSPS) is 10.2. The maximum atomic E-state index is 11.6. The first kappa shape index (κ1) is 17.3. The molecule has 2 N–H and O–H groups in total. The minimum atomic E-state index is -0.395. The third-order valence-corrected chi connectivity index (χ3v) is 3.76. The van der Waals surface area contributed by atoms with Gasteiger partial charge in [0.15, 0.2) is 5.82 Å². The molecular weight excluding hydrogens is 330 g/mol. The highest BCUT2D eigenvalue weighted by molar-refractivity contribution is 5.90. The van der Waals surface area contributed by atoms with E-state index in [9.17, 15) is 4.79 Å². The smallest absolute Gasteiger partial charge is 0.337 e. The molecular formula is C19H19N5O2. The van der Waals surface area contributed by atoms with Crippen LogP contribution in [0.3, 0.4) is 0 Å². The Morgan fingerprint density at radius 1 is 1.12 bits per heavy atom. The zero-order valence-electron chi connectivity index (χ0n) is 14.6. The summed E-state index contributed by atoms with van der Waals surface area (Å²) in [5, 5.41) is 14.3. The summed E-state index contributed by atoms with van der Waals surface area (Å²) in [5.74, 6) is 0.506. The van der Waals surface area contributed by atoms with Crippen molar-refractivity contribution in [3.63, 3.8) is 0 Å². The van der Waals surface area contributed by atoms with Crippen LogP contribution in [-0.2, 0) is 11.2 Å². The molecule has 0 aliphatic carbocycles. The largest absolute Gasteiger partial charge is 0.465 e. The van der Waals surface area contributed by atoms with Crippen LogP contribution in [0.4, 0.5) is 23.1 Å². The van der Waals surface area contributed by atoms with E-state index < -0.39 is 5.97 Å². The monoisotopic (exact) mass is 349 g/mol. The molecule has 1 aromatic heterocycles. The summed E-state index contributed by atoms with van der Waals surface area (Å²) in [6, 6.07) is 14.9. The lowest BCUT2D eigenvalue weighted by molar-refractivity contribution is 0.0601. The minimum absolute atomic E-state index is 0.389. The van der Waals surface area contributed by atoms with Crippen LogP contribution in [0.15, 0.2) is 54.7 Å². The number of methoxy groups -OCH3 is 1. The van der Waals surface area contributed by atoms with Gasteiger partial charge >= 0.3 is 5.97 Å². The highest BCUT2D eigenvalue weighted by atomic mass is 16.5. The molecule has 0 aliphatic rings. The molecule has 0 fully saturated rings. The SMILES string of the molecule is CCc1ccccc1Nc1nncc(Nc2cccc(C(=O)OC)c2)n1. The van der Waals surface area contributed by atoms with E-state index in [1.165, 1.54) is 18.9 Å². The Hall–Kier alpha value is -3.48. The van der Waals surface area contributed by atoms with E-state index in [1.54, 1.807) is 18.2 Å². The first-order valence-electron chi connectivity index (χ1n) is 8.19. The van der Waals surface area contributed by atoms with Crippen molar-refractivity contribution in [2.24, 2.45) is 0 Å². The number of aromatic nitrogens is 3. The minimum Gasteiger partial charge on any atom is -0.465 e. The molecule has 3 aromatic rings. The Balaban J connectivity index is 1.78. The number of esters is 1. The second-order valence-electron chi connectivity index (χ2n) is 5.50. The van der Waals surface area contributed by atoms with Gasteiger partial charge in [-0.2, -0.15) is 10.1 Å². The van der Waals surface area contributed by atoms with Crippen LogP contribution in [0.1, 0.15) is 22.8 Å². The maximum Gasteiger partial charge on any atom is 0.337 e. The molecule has 7 heteroatoms. The lowest BCUT2D eigenvalue weighted by atomic mass is 10.1. The van der Waals surface area contributed by atoms with E-state index in [2.05, 4.69) is 38.8 Å². The summed E-state index contributed by atoms with van der Waals surface area (Å²) in [4.78, 5) is 16.1. The number of carbonyl (C=O) groups is 1. The van der Waals surface area contributed by atoms with E-state index >= 15 is 0 Å². The van der Waals surface area contributed by atoms with Crippen molar-refractivity contribution in [3.8, 4) is 0 Å². The Morgan fingerprint density at radius 2 is 1.96 bits per heavy atom. The van der Waals surface area contributed by atoms with Crippen molar-refractivity contribution >= 4 is 29.1 Å². The van der Waals surface area contributed by atoms with Crippen LogP contribution >= 0.6 is 0 Å². The van der Waals surface area contributed by atoms with Gasteiger partial charge in [-0.3, -0.25) is 0 Å². The van der Waals surface area contributed by atoms with Crippen molar-refractivity contribution in [3.05, 3.63) is 65.9 Å². The predicted molar refractivity (Wildman–Crippen MR) is 100.0 cm³/mol. The first-order chi connectivity index (χ1) is 12.7. The molecule has 0 aliphatic heterocycles. The van der Waals surface area contributed by atoms with Gasteiger partial charge in [0.25, 0.3) is 0 Å². The molecule has 0 spiro atoms. The van der Waals surface area contributed by atoms with Gasteiger partial charge < -0.3 is 15.4 Å². The lowest BCUT2D eigenvalue weighted by Gasteiger charge is -2.10. The summed E-state index contributed by atoms with van der Waals surface area (Å²) in [6.07, 6.45) is 2.41. The standard InChI is InChI=1S/C19H19N5O2/c1-3-13-7-4-5-10-16(13)22-19-23-17(12-20-24-19)21-15-9-6-8-14(11-15)18(25)26-2/h4-12H,3H2,1-2H3,(H2,21,22,23,24). The molecule has 0 radical (unpaired) electrons. The van der Waals surface area contributed by atoms with E-state index in [4.69, 9.17) is 4.74 Å². The number of para-hydroxylation sites is 1. The molecule has 132 valence electrons. The van der Waals surface area contributed by atoms with Crippen LogP contribution in [0, 0.1) is 0 Å². The number of aryl methyl sites for hydroxylation is 1. The van der Waals surface area contributed by atoms with Gasteiger partial charge in [-0.1, -0.05) is 31.2 Å². The lowest BCUT2D eigenvalue weighted by Crippen LogP contribution is -2.05. The molecule has 26 heavy (non-hydrogen) atoms. The van der Waals surface area contributed by atoms with Crippen molar-refractivity contribution < 1.29 is 9.53 Å². The third kappa shape index (κ3) is 4.13. The van der Waals surface area contributed by atoms with Crippen molar-refractivity contribution in [1.29, 1.82) is 0 Å². The van der Waals surface area contributed by atoms with Crippen LogP contribution in [-0.4, -0.2) is 28.3 Å². The Morgan fingerprint density at radius 3 is 2.77 bits per heavy atom. The molecule has 0 bridgehead atoms. The van der Waals surface area contributed by atoms with Crippen LogP contribution in [0.5, 0.6) is 0 Å². The van der Waals surface area contributed by atoms with Crippen molar-refractivity contribution in [1.82, 2.24) is 15.2 Å². The highest BCUT2D eigenvalue weighted by Gasteiger charge is 2.08. The summed E-state index contributed by atoms with van der Waals surface area (Å²) >= 11 is 0. The van der Waals surface area contributed by atoms with E-state index in [0.29, 0.717) is 23.0 Å². The number of rotatable bonds is 6. The van der Waals surface area contributed by atoms with Gasteiger partial charge in [-0.05, 0) is 36.2 Å². The molecule has 1 heterocycles. The number of carbonyl (C=O) groups excluding carboxylic acids is 1. The zero-order valence-corrected chi connectivity index (χ0v) is 14.6. The summed E-state index contributed by atoms with van der Waals surface area (Å²) < 4.78 is 4.73. The molecule has 0 amide bonds. The first-order valence-corrected chi connectivity index (χ1v) is 8.19. The second kappa shape index (κ2) is 8.06. The van der Waals surface area contributed by atoms with Crippen molar-refractivity contribution in [2.45, 2.75) is 13.3 Å². The predicted octanol–water partition coefficient (Wildman–Crippen LogP) is 3.71. The third-order valence-electron chi connectivity index (χ3n) is 3.76. The molecule has 0 saturated carbocycles. The summed E-state index contributed by atoms with van der Waals surface area (Å²) in [7, 11) is 1.35. The Bertz CT molecular complexity index is 914. The highest BCUT2D eigenvalue weighted by Crippen LogP contribution is 2.21. The Kier molecular flexibility index (Phi) is 5.38. The number of anilines is 4. The molecule has 2 aromatic carbocycles. The molecule has 3 rings (SSSR count). The van der Waals surface area contributed by atoms with Gasteiger partial charge in [-0.15, -0.1) is 5.10 Å². The van der Waals surface area contributed by atoms with Gasteiger partial charge in [0.05, 0.1) is 18.9 Å². The van der Waals surface area contributed by atoms with E-state index in [-0.39, 0.29) is 0 Å². The quantitative estimate of drug-likeness (QED) is 0.656. The molecule has 0 atom stereocenters. The average Bonchev–Trinajstić information content (AvgIpc) is 2.68. The number of nitrogens with one attached hydrogen (secondary N) is 2. The molecule has 7 nitrogen and oxygen atoms in total. The van der Waals surface area contributed by atoms with Gasteiger partial charge in [0, 0.05) is 11.4 Å². The van der Waals surface area contributed by atoms with Crippen molar-refractivity contribution in [2.75, 3.05) is 17.7 Å². The van der Waals surface area contributed by atoms with E-state index in [0.717, 1.165) is 12.1 Å². The van der Waals surface area contributed by atoms with Gasteiger partial charge in [0.2, 0.25) is 5.95 Å². The number of ether oxygens (including phenoxy) is 1. The van der Waals surface area contributed by atoms with Crippen LogP contribution in [0.25, 0.3) is 0 Å². The number of hydrogen-bond donors (Lipinski definition) is 2. The second-order valence-corrected chi connectivity index (χ2v) is 5.50. The van der Waals surface area contributed by atoms with Crippen LogP contribution in [0.2, 0.25) is 0 Å². The fourth-order valence-corrected chi connectivity index (χ4v) is 2.48. The molecule has 0 unspecified atom stereocenters. The number of benzene rings is 2. The average molecular weight is 349 g/mol. The molecule has 0 saturated heterocycles. The fourth-order valence-electron chi connectivity index (χ4n) is 2.48. The number of hydrogen-bond acceptors (Lipinski definition) is 7. The van der Waals surface area contributed by atoms with Gasteiger partial charge in [-0.25, -0.2) is 4.79 Å². The topological polar surface area (TPSA) is 89.0 Å². The zero-order chi connectivity index (χ0) is 18.4.